The van der Waals surface area contributed by atoms with Crippen molar-refractivity contribution in [3.8, 4) is 6.07 Å². The van der Waals surface area contributed by atoms with Gasteiger partial charge in [-0.25, -0.2) is 4.79 Å². The fourth-order valence-corrected chi connectivity index (χ4v) is 2.74. The molecule has 0 aliphatic carbocycles. The van der Waals surface area contributed by atoms with Crippen LogP contribution in [-0.4, -0.2) is 17.2 Å². The highest BCUT2D eigenvalue weighted by molar-refractivity contribution is 5.84. The van der Waals surface area contributed by atoms with Gasteiger partial charge < -0.3 is 9.84 Å². The maximum Gasteiger partial charge on any atom is 0.411 e. The van der Waals surface area contributed by atoms with Crippen LogP contribution in [0.3, 0.4) is 0 Å². The quantitative estimate of drug-likeness (QED) is 0.818. The highest BCUT2D eigenvalue weighted by Crippen LogP contribution is 2.31. The minimum atomic E-state index is -1.14. The van der Waals surface area contributed by atoms with E-state index in [0.29, 0.717) is 11.3 Å². The van der Waals surface area contributed by atoms with Gasteiger partial charge in [0.15, 0.2) is 0 Å². The molecule has 1 amide bonds. The number of carbonyl (C=O) groups excluding carboxylic acids is 1. The Morgan fingerprint density at radius 2 is 1.92 bits per heavy atom. The number of hydrogen-bond donors (Lipinski definition) is 2. The Labute approximate surface area is 152 Å². The predicted molar refractivity (Wildman–Crippen MR) is 96.6 cm³/mol. The van der Waals surface area contributed by atoms with Crippen LogP contribution in [0.5, 0.6) is 0 Å². The zero-order chi connectivity index (χ0) is 19.2. The highest BCUT2D eigenvalue weighted by Gasteiger charge is 2.31. The standard InChI is InChI=1S/C20H20N2O4/c1-14-10-16(8-9-17(14)20(2,13-21)11-18(23)24)22-19(25)26-12-15-6-4-3-5-7-15/h3-10H,11-12H2,1-2H3,(H,22,25)(H,23,24). The van der Waals surface area contributed by atoms with E-state index in [-0.39, 0.29) is 13.0 Å². The van der Waals surface area contributed by atoms with Crippen LogP contribution in [0.4, 0.5) is 10.5 Å². The fourth-order valence-electron chi connectivity index (χ4n) is 2.74. The predicted octanol–water partition coefficient (Wildman–Crippen LogP) is 4.00. The van der Waals surface area contributed by atoms with Crippen molar-refractivity contribution in [3.05, 3.63) is 65.2 Å². The lowest BCUT2D eigenvalue weighted by molar-refractivity contribution is -0.137. The van der Waals surface area contributed by atoms with Crippen molar-refractivity contribution in [1.29, 1.82) is 5.26 Å². The smallest absolute Gasteiger partial charge is 0.411 e. The van der Waals surface area contributed by atoms with Gasteiger partial charge in [0.1, 0.15) is 6.61 Å². The summed E-state index contributed by atoms with van der Waals surface area (Å²) < 4.78 is 5.16. The molecule has 26 heavy (non-hydrogen) atoms. The van der Waals surface area contributed by atoms with Crippen molar-refractivity contribution >= 4 is 17.7 Å². The molecule has 0 aromatic heterocycles. The second kappa shape index (κ2) is 8.17. The van der Waals surface area contributed by atoms with Gasteiger partial charge in [0, 0.05) is 5.69 Å². The zero-order valence-corrected chi connectivity index (χ0v) is 14.7. The van der Waals surface area contributed by atoms with Gasteiger partial charge in [0.25, 0.3) is 0 Å². The van der Waals surface area contributed by atoms with Gasteiger partial charge in [-0.1, -0.05) is 36.4 Å². The van der Waals surface area contributed by atoms with E-state index in [1.165, 1.54) is 0 Å². The molecule has 0 saturated heterocycles. The molecule has 0 spiro atoms. The molecule has 0 aliphatic rings. The van der Waals surface area contributed by atoms with E-state index in [2.05, 4.69) is 11.4 Å². The second-order valence-corrected chi connectivity index (χ2v) is 6.23. The molecule has 2 aromatic rings. The number of aryl methyl sites for hydroxylation is 1. The number of benzene rings is 2. The maximum absolute atomic E-state index is 11.9. The summed E-state index contributed by atoms with van der Waals surface area (Å²) in [6, 6.07) is 16.4. The lowest BCUT2D eigenvalue weighted by atomic mass is 9.78. The lowest BCUT2D eigenvalue weighted by Crippen LogP contribution is -2.25. The number of carboxylic acid groups (broad SMARTS) is 1. The third-order valence-corrected chi connectivity index (χ3v) is 4.03. The molecule has 2 rings (SSSR count). The van der Waals surface area contributed by atoms with Crippen molar-refractivity contribution in [1.82, 2.24) is 0 Å². The summed E-state index contributed by atoms with van der Waals surface area (Å²) in [7, 11) is 0. The molecular formula is C20H20N2O4. The fraction of sp³-hybridized carbons (Fsp3) is 0.250. The van der Waals surface area contributed by atoms with Crippen molar-refractivity contribution in [2.75, 3.05) is 5.32 Å². The Balaban J connectivity index is 2.06. The largest absolute Gasteiger partial charge is 0.481 e. The minimum Gasteiger partial charge on any atom is -0.481 e. The van der Waals surface area contributed by atoms with Crippen LogP contribution in [0.2, 0.25) is 0 Å². The highest BCUT2D eigenvalue weighted by atomic mass is 16.5. The van der Waals surface area contributed by atoms with Crippen LogP contribution in [0, 0.1) is 18.3 Å². The van der Waals surface area contributed by atoms with Gasteiger partial charge in [-0.05, 0) is 42.7 Å². The molecule has 0 saturated carbocycles. The number of carbonyl (C=O) groups is 2. The van der Waals surface area contributed by atoms with Crippen LogP contribution < -0.4 is 5.32 Å². The molecule has 6 nitrogen and oxygen atoms in total. The molecule has 0 aliphatic heterocycles. The zero-order valence-electron chi connectivity index (χ0n) is 14.7. The normalized spacial score (nSPS) is 12.5. The van der Waals surface area contributed by atoms with E-state index >= 15 is 0 Å². The molecule has 0 heterocycles. The minimum absolute atomic E-state index is 0.162. The number of nitrogens with one attached hydrogen (secondary N) is 1. The van der Waals surface area contributed by atoms with E-state index in [0.717, 1.165) is 11.1 Å². The van der Waals surface area contributed by atoms with Crippen molar-refractivity contribution in [3.63, 3.8) is 0 Å². The number of ether oxygens (including phenoxy) is 1. The molecule has 1 atom stereocenters. The topological polar surface area (TPSA) is 99.4 Å². The van der Waals surface area contributed by atoms with Gasteiger partial charge in [0.2, 0.25) is 0 Å². The summed E-state index contributed by atoms with van der Waals surface area (Å²) in [5.41, 5.74) is 1.59. The van der Waals surface area contributed by atoms with Crippen molar-refractivity contribution in [2.45, 2.75) is 32.3 Å². The van der Waals surface area contributed by atoms with E-state index < -0.39 is 17.5 Å². The summed E-state index contributed by atoms with van der Waals surface area (Å²) >= 11 is 0. The maximum atomic E-state index is 11.9. The summed E-state index contributed by atoms with van der Waals surface area (Å²) in [5.74, 6) is -1.04. The third-order valence-electron chi connectivity index (χ3n) is 4.03. The number of hydrogen-bond acceptors (Lipinski definition) is 4. The van der Waals surface area contributed by atoms with Gasteiger partial charge in [-0.2, -0.15) is 5.26 Å². The van der Waals surface area contributed by atoms with Gasteiger partial charge in [-0.15, -0.1) is 0 Å². The molecule has 2 N–H and O–H groups in total. The first kappa shape index (κ1) is 19.0. The van der Waals surface area contributed by atoms with E-state index in [1.54, 1.807) is 32.0 Å². The first-order chi connectivity index (χ1) is 12.3. The van der Waals surface area contributed by atoms with E-state index in [1.807, 2.05) is 30.3 Å². The number of nitrogens with zero attached hydrogens (tertiary/aromatic N) is 1. The van der Waals surface area contributed by atoms with Crippen molar-refractivity contribution < 1.29 is 19.4 Å². The van der Waals surface area contributed by atoms with Gasteiger partial charge in [0.05, 0.1) is 17.9 Å². The molecular weight excluding hydrogens is 332 g/mol. The molecule has 0 bridgehead atoms. The Bertz CT molecular complexity index is 843. The second-order valence-electron chi connectivity index (χ2n) is 6.23. The molecule has 134 valence electrons. The summed E-state index contributed by atoms with van der Waals surface area (Å²) in [5, 5.41) is 21.1. The Kier molecular flexibility index (Phi) is 5.97. The molecule has 1 unspecified atom stereocenters. The Hall–Kier alpha value is -3.33. The first-order valence-electron chi connectivity index (χ1n) is 8.06. The number of nitriles is 1. The van der Waals surface area contributed by atoms with E-state index in [9.17, 15) is 14.9 Å². The van der Waals surface area contributed by atoms with Gasteiger partial charge >= 0.3 is 12.1 Å². The number of anilines is 1. The summed E-state index contributed by atoms with van der Waals surface area (Å²) in [4.78, 5) is 23.0. The average Bonchev–Trinajstić information content (AvgIpc) is 2.60. The monoisotopic (exact) mass is 352 g/mol. The molecule has 6 heteroatoms. The Morgan fingerprint density at radius 1 is 1.23 bits per heavy atom. The average molecular weight is 352 g/mol. The summed E-state index contributed by atoms with van der Waals surface area (Å²) in [6.45, 7) is 3.52. The number of aliphatic carboxylic acids is 1. The van der Waals surface area contributed by atoms with Crippen LogP contribution >= 0.6 is 0 Å². The molecule has 0 radical (unpaired) electrons. The molecule has 0 fully saturated rings. The van der Waals surface area contributed by atoms with Crippen LogP contribution in [-0.2, 0) is 21.6 Å². The third kappa shape index (κ3) is 4.84. The Morgan fingerprint density at radius 3 is 2.50 bits per heavy atom. The molecule has 2 aromatic carbocycles. The van der Waals surface area contributed by atoms with Gasteiger partial charge in [-0.3, -0.25) is 10.1 Å². The number of carboxylic acids is 1. The van der Waals surface area contributed by atoms with E-state index in [4.69, 9.17) is 9.84 Å². The lowest BCUT2D eigenvalue weighted by Gasteiger charge is -2.22. The van der Waals surface area contributed by atoms with Crippen molar-refractivity contribution in [2.24, 2.45) is 0 Å². The SMILES string of the molecule is Cc1cc(NC(=O)OCc2ccccc2)ccc1C(C)(C#N)CC(=O)O. The number of amides is 1. The first-order valence-corrected chi connectivity index (χ1v) is 8.06. The van der Waals surface area contributed by atoms with Crippen LogP contribution in [0.15, 0.2) is 48.5 Å². The van der Waals surface area contributed by atoms with Crippen LogP contribution in [0.25, 0.3) is 0 Å². The van der Waals surface area contributed by atoms with Crippen LogP contribution in [0.1, 0.15) is 30.0 Å². The summed E-state index contributed by atoms with van der Waals surface area (Å²) in [6.07, 6.45) is -0.884. The number of rotatable bonds is 6.